The van der Waals surface area contributed by atoms with Gasteiger partial charge < -0.3 is 4.57 Å². The van der Waals surface area contributed by atoms with Crippen molar-refractivity contribution in [1.82, 2.24) is 4.57 Å². The minimum absolute atomic E-state index is 0. The maximum absolute atomic E-state index is 3.42. The van der Waals surface area contributed by atoms with Crippen LogP contribution in [0, 0.1) is 6.07 Å². The minimum atomic E-state index is 0. The van der Waals surface area contributed by atoms with Gasteiger partial charge in [-0.1, -0.05) is 29.8 Å². The first-order valence-corrected chi connectivity index (χ1v) is 4.79. The first-order valence-electron chi connectivity index (χ1n) is 4.79. The summed E-state index contributed by atoms with van der Waals surface area (Å²) in [7, 11) is 0. The predicted octanol–water partition coefficient (Wildman–Crippen LogP) is 0.0285. The van der Waals surface area contributed by atoms with Gasteiger partial charge in [-0.25, -0.2) is 0 Å². The number of fused-ring (bicyclic) bond motifs is 3. The summed E-state index contributed by atoms with van der Waals surface area (Å²) < 4.78 is 2.20. The van der Waals surface area contributed by atoms with Crippen LogP contribution in [0.1, 0.15) is 5.69 Å². The van der Waals surface area contributed by atoms with E-state index in [1.807, 2.05) is 0 Å². The van der Waals surface area contributed by atoms with Crippen molar-refractivity contribution in [3.63, 3.8) is 0 Å². The zero-order chi connectivity index (χ0) is 9.38. The molecule has 0 atom stereocenters. The molecular formula is C13H10LiN. The third-order valence-electron chi connectivity index (χ3n) is 2.53. The first kappa shape index (κ1) is 10.4. The minimum Gasteiger partial charge on any atom is -0.385 e. The van der Waals surface area contributed by atoms with Gasteiger partial charge in [0.2, 0.25) is 0 Å². The average molecular weight is 187 g/mol. The fourth-order valence-electron chi connectivity index (χ4n) is 1.86. The van der Waals surface area contributed by atoms with Crippen molar-refractivity contribution in [3.8, 4) is 0 Å². The summed E-state index contributed by atoms with van der Waals surface area (Å²) in [6.07, 6.45) is 9.36. The molecule has 2 heteroatoms. The fourth-order valence-corrected chi connectivity index (χ4v) is 1.86. The molecule has 0 amide bonds. The van der Waals surface area contributed by atoms with E-state index in [9.17, 15) is 0 Å². The van der Waals surface area contributed by atoms with Crippen LogP contribution in [0.5, 0.6) is 0 Å². The number of aromatic nitrogens is 1. The smallest absolute Gasteiger partial charge is 0.385 e. The molecule has 0 saturated carbocycles. The molecule has 0 N–H and O–H groups in total. The zero-order valence-electron chi connectivity index (χ0n) is 8.77. The molecule has 1 aromatic heterocycles. The van der Waals surface area contributed by atoms with E-state index >= 15 is 0 Å². The predicted molar refractivity (Wildman–Crippen MR) is 58.9 cm³/mol. The molecule has 1 aliphatic rings. The molecule has 0 radical (unpaired) electrons. The standard InChI is InChI=1S/C13H10N.Li/c1-2-7-12-10-11-6-3-4-8-13(11)14(12)9-5-1;/h1-6,8-9H,7H2;/q-1;+1. The molecule has 1 aliphatic heterocycles. The maximum Gasteiger partial charge on any atom is 1.00 e. The molecule has 3 rings (SSSR count). The van der Waals surface area contributed by atoms with Crippen molar-refractivity contribution in [1.29, 1.82) is 0 Å². The molecule has 15 heavy (non-hydrogen) atoms. The van der Waals surface area contributed by atoms with Gasteiger partial charge >= 0.3 is 18.9 Å². The Hall–Kier alpha value is -1.16. The number of benzene rings is 1. The molecule has 0 aliphatic carbocycles. The van der Waals surface area contributed by atoms with Crippen LogP contribution >= 0.6 is 0 Å². The molecular weight excluding hydrogens is 177 g/mol. The Morgan fingerprint density at radius 2 is 2.00 bits per heavy atom. The Kier molecular flexibility index (Phi) is 2.86. The Bertz CT molecular complexity index is 534. The second kappa shape index (κ2) is 4.14. The number of hydrogen-bond acceptors (Lipinski definition) is 0. The van der Waals surface area contributed by atoms with Gasteiger partial charge in [0.1, 0.15) is 0 Å². The normalized spacial score (nSPS) is 13.3. The summed E-state index contributed by atoms with van der Waals surface area (Å²) in [5.74, 6) is 0. The largest absolute Gasteiger partial charge is 1.00 e. The van der Waals surface area contributed by atoms with Gasteiger partial charge in [-0.05, 0) is 24.4 Å². The van der Waals surface area contributed by atoms with Gasteiger partial charge in [-0.15, -0.1) is 6.07 Å². The third kappa shape index (κ3) is 1.69. The zero-order valence-corrected chi connectivity index (χ0v) is 8.77. The number of hydrogen-bond donors (Lipinski definition) is 0. The van der Waals surface area contributed by atoms with Crippen LogP contribution in [-0.4, -0.2) is 4.57 Å². The molecule has 1 aromatic carbocycles. The van der Waals surface area contributed by atoms with E-state index < -0.39 is 0 Å². The molecule has 0 unspecified atom stereocenters. The summed E-state index contributed by atoms with van der Waals surface area (Å²) >= 11 is 0. The Morgan fingerprint density at radius 1 is 1.13 bits per heavy atom. The first-order chi connectivity index (χ1) is 6.95. The van der Waals surface area contributed by atoms with Crippen molar-refractivity contribution < 1.29 is 18.9 Å². The molecule has 0 spiro atoms. The van der Waals surface area contributed by atoms with Crippen molar-refractivity contribution in [3.05, 3.63) is 54.3 Å². The van der Waals surface area contributed by atoms with Crippen LogP contribution in [0.15, 0.2) is 42.5 Å². The van der Waals surface area contributed by atoms with Crippen LogP contribution < -0.4 is 18.9 Å². The quantitative estimate of drug-likeness (QED) is 0.405. The van der Waals surface area contributed by atoms with Crippen LogP contribution in [0.3, 0.4) is 0 Å². The van der Waals surface area contributed by atoms with E-state index in [0.717, 1.165) is 6.42 Å². The summed E-state index contributed by atoms with van der Waals surface area (Å²) in [6, 6.07) is 11.8. The van der Waals surface area contributed by atoms with Crippen molar-refractivity contribution in [2.75, 3.05) is 0 Å². The molecule has 0 bridgehead atoms. The SMILES string of the molecule is [Li+].[c-]1c2n(c3ccccc13)C=CC=CC2. The third-order valence-corrected chi connectivity index (χ3v) is 2.53. The van der Waals surface area contributed by atoms with Gasteiger partial charge in [-0.2, -0.15) is 17.5 Å². The molecule has 2 heterocycles. The molecule has 1 nitrogen and oxygen atoms in total. The number of allylic oxidation sites excluding steroid dienone is 3. The number of para-hydroxylation sites is 1. The Balaban J connectivity index is 0.000000853. The Labute approximate surface area is 101 Å². The van der Waals surface area contributed by atoms with Gasteiger partial charge in [0, 0.05) is 0 Å². The second-order valence-corrected chi connectivity index (χ2v) is 3.43. The fraction of sp³-hybridized carbons (Fsp3) is 0.0769. The van der Waals surface area contributed by atoms with Gasteiger partial charge in [-0.3, -0.25) is 0 Å². The van der Waals surface area contributed by atoms with E-state index in [1.165, 1.54) is 16.6 Å². The van der Waals surface area contributed by atoms with Crippen LogP contribution in [0.2, 0.25) is 0 Å². The van der Waals surface area contributed by atoms with E-state index in [4.69, 9.17) is 0 Å². The number of nitrogens with zero attached hydrogens (tertiary/aromatic N) is 1. The van der Waals surface area contributed by atoms with Crippen molar-refractivity contribution in [2.45, 2.75) is 6.42 Å². The van der Waals surface area contributed by atoms with Gasteiger partial charge in [0.05, 0.1) is 0 Å². The van der Waals surface area contributed by atoms with Gasteiger partial charge in [0.15, 0.2) is 0 Å². The van der Waals surface area contributed by atoms with Crippen LogP contribution in [0.25, 0.3) is 17.1 Å². The Morgan fingerprint density at radius 3 is 2.93 bits per heavy atom. The summed E-state index contributed by atoms with van der Waals surface area (Å²) in [5.41, 5.74) is 2.47. The van der Waals surface area contributed by atoms with Crippen LogP contribution in [0.4, 0.5) is 0 Å². The van der Waals surface area contributed by atoms with E-state index in [-0.39, 0.29) is 18.9 Å². The molecule has 2 aromatic rings. The van der Waals surface area contributed by atoms with Gasteiger partial charge in [0.25, 0.3) is 0 Å². The molecule has 0 saturated heterocycles. The maximum atomic E-state index is 3.42. The topological polar surface area (TPSA) is 4.93 Å². The van der Waals surface area contributed by atoms with E-state index in [1.54, 1.807) is 0 Å². The summed E-state index contributed by atoms with van der Waals surface area (Å²) in [5, 5.41) is 1.20. The van der Waals surface area contributed by atoms with Crippen molar-refractivity contribution >= 4 is 17.1 Å². The summed E-state index contributed by atoms with van der Waals surface area (Å²) in [6.45, 7) is 0. The van der Waals surface area contributed by atoms with E-state index in [2.05, 4.69) is 59.3 Å². The van der Waals surface area contributed by atoms with E-state index in [0.29, 0.717) is 0 Å². The molecule has 68 valence electrons. The number of rotatable bonds is 0. The monoisotopic (exact) mass is 187 g/mol. The second-order valence-electron chi connectivity index (χ2n) is 3.43. The van der Waals surface area contributed by atoms with Crippen molar-refractivity contribution in [2.24, 2.45) is 0 Å². The average Bonchev–Trinajstić information content (AvgIpc) is 2.42. The summed E-state index contributed by atoms with van der Waals surface area (Å²) in [4.78, 5) is 0. The molecule has 0 fully saturated rings. The van der Waals surface area contributed by atoms with Crippen LogP contribution in [-0.2, 0) is 6.42 Å².